The van der Waals surface area contributed by atoms with E-state index in [1.165, 1.54) is 34.3 Å². The molecule has 0 spiro atoms. The highest BCUT2D eigenvalue weighted by molar-refractivity contribution is 5.80. The standard InChI is InChI=1S/C19H21F2NO5/c1-11(27-13-5-6-14(20)15(21)9-13)19(23)22-10-12-7-16(24-2)18(26-4)17(8-12)25-3/h5-9,11H,10H2,1-4H3,(H,22,23). The minimum Gasteiger partial charge on any atom is -0.493 e. The van der Waals surface area contributed by atoms with Crippen molar-refractivity contribution >= 4 is 5.91 Å². The fraction of sp³-hybridized carbons (Fsp3) is 0.316. The van der Waals surface area contributed by atoms with Crippen molar-refractivity contribution in [1.29, 1.82) is 0 Å². The Morgan fingerprint density at radius 1 is 1.00 bits per heavy atom. The average molecular weight is 381 g/mol. The highest BCUT2D eigenvalue weighted by Crippen LogP contribution is 2.38. The maximum Gasteiger partial charge on any atom is 0.261 e. The largest absolute Gasteiger partial charge is 0.493 e. The van der Waals surface area contributed by atoms with Crippen molar-refractivity contribution < 1.29 is 32.5 Å². The second-order valence-corrected chi connectivity index (χ2v) is 5.59. The van der Waals surface area contributed by atoms with Crippen LogP contribution >= 0.6 is 0 Å². The van der Waals surface area contributed by atoms with E-state index in [0.717, 1.165) is 17.7 Å². The number of rotatable bonds is 8. The Hall–Kier alpha value is -3.03. The van der Waals surface area contributed by atoms with Crippen LogP contribution in [0.5, 0.6) is 23.0 Å². The molecule has 0 heterocycles. The monoisotopic (exact) mass is 381 g/mol. The topological polar surface area (TPSA) is 66.0 Å². The van der Waals surface area contributed by atoms with E-state index in [9.17, 15) is 13.6 Å². The van der Waals surface area contributed by atoms with Gasteiger partial charge in [-0.1, -0.05) is 0 Å². The van der Waals surface area contributed by atoms with Gasteiger partial charge in [-0.3, -0.25) is 4.79 Å². The van der Waals surface area contributed by atoms with Crippen LogP contribution in [0.15, 0.2) is 30.3 Å². The first-order valence-corrected chi connectivity index (χ1v) is 8.07. The molecule has 8 heteroatoms. The minimum atomic E-state index is -1.04. The van der Waals surface area contributed by atoms with Gasteiger partial charge in [0.2, 0.25) is 5.75 Å². The molecule has 1 N–H and O–H groups in total. The number of amides is 1. The lowest BCUT2D eigenvalue weighted by Crippen LogP contribution is -2.35. The molecular weight excluding hydrogens is 360 g/mol. The predicted octanol–water partition coefficient (Wildman–Crippen LogP) is 3.07. The van der Waals surface area contributed by atoms with Crippen LogP contribution in [0.2, 0.25) is 0 Å². The Balaban J connectivity index is 2.02. The number of hydrogen-bond donors (Lipinski definition) is 1. The summed E-state index contributed by atoms with van der Waals surface area (Å²) in [7, 11) is 4.49. The lowest BCUT2D eigenvalue weighted by atomic mass is 10.1. The lowest BCUT2D eigenvalue weighted by Gasteiger charge is -2.16. The van der Waals surface area contributed by atoms with E-state index >= 15 is 0 Å². The molecule has 0 saturated carbocycles. The molecule has 2 aromatic rings. The fourth-order valence-electron chi connectivity index (χ4n) is 2.38. The summed E-state index contributed by atoms with van der Waals surface area (Å²) in [5.74, 6) is -1.01. The zero-order valence-corrected chi connectivity index (χ0v) is 15.5. The van der Waals surface area contributed by atoms with E-state index in [2.05, 4.69) is 5.32 Å². The molecule has 0 aliphatic carbocycles. The van der Waals surface area contributed by atoms with E-state index in [1.807, 2.05) is 0 Å². The maximum absolute atomic E-state index is 13.2. The van der Waals surface area contributed by atoms with Crippen LogP contribution in [0.1, 0.15) is 12.5 Å². The summed E-state index contributed by atoms with van der Waals surface area (Å²) >= 11 is 0. The summed E-state index contributed by atoms with van der Waals surface area (Å²) in [5.41, 5.74) is 0.720. The molecule has 1 unspecified atom stereocenters. The van der Waals surface area contributed by atoms with Crippen molar-refractivity contribution in [3.05, 3.63) is 47.5 Å². The zero-order valence-electron chi connectivity index (χ0n) is 15.5. The number of benzene rings is 2. The van der Waals surface area contributed by atoms with Gasteiger partial charge in [-0.05, 0) is 36.8 Å². The molecule has 0 saturated heterocycles. The van der Waals surface area contributed by atoms with Crippen molar-refractivity contribution in [3.63, 3.8) is 0 Å². The van der Waals surface area contributed by atoms with E-state index in [0.29, 0.717) is 17.2 Å². The molecule has 0 aliphatic heterocycles. The normalized spacial score (nSPS) is 11.5. The fourth-order valence-corrected chi connectivity index (χ4v) is 2.38. The quantitative estimate of drug-likeness (QED) is 0.761. The number of methoxy groups -OCH3 is 3. The van der Waals surface area contributed by atoms with Gasteiger partial charge in [-0.15, -0.1) is 0 Å². The number of ether oxygens (including phenoxy) is 4. The van der Waals surface area contributed by atoms with Crippen LogP contribution in [-0.4, -0.2) is 33.3 Å². The molecule has 27 heavy (non-hydrogen) atoms. The minimum absolute atomic E-state index is 0.0596. The van der Waals surface area contributed by atoms with Gasteiger partial charge in [0.25, 0.3) is 5.91 Å². The molecule has 146 valence electrons. The van der Waals surface area contributed by atoms with Crippen LogP contribution in [-0.2, 0) is 11.3 Å². The smallest absolute Gasteiger partial charge is 0.261 e. The number of nitrogens with one attached hydrogen (secondary N) is 1. The number of carbonyl (C=O) groups excluding carboxylic acids is 1. The number of hydrogen-bond acceptors (Lipinski definition) is 5. The van der Waals surface area contributed by atoms with E-state index in [1.54, 1.807) is 12.1 Å². The second kappa shape index (κ2) is 9.07. The Bertz CT molecular complexity index is 788. The van der Waals surface area contributed by atoms with E-state index in [4.69, 9.17) is 18.9 Å². The van der Waals surface area contributed by atoms with Crippen LogP contribution in [0.25, 0.3) is 0 Å². The first kappa shape index (κ1) is 20.3. The van der Waals surface area contributed by atoms with Crippen molar-refractivity contribution in [2.24, 2.45) is 0 Å². The van der Waals surface area contributed by atoms with Gasteiger partial charge in [-0.2, -0.15) is 0 Å². The molecule has 0 bridgehead atoms. The highest BCUT2D eigenvalue weighted by atomic mass is 19.2. The van der Waals surface area contributed by atoms with Gasteiger partial charge >= 0.3 is 0 Å². The van der Waals surface area contributed by atoms with Crippen molar-refractivity contribution in [2.75, 3.05) is 21.3 Å². The van der Waals surface area contributed by atoms with Crippen LogP contribution in [0, 0.1) is 11.6 Å². The average Bonchev–Trinajstić information content (AvgIpc) is 2.67. The lowest BCUT2D eigenvalue weighted by molar-refractivity contribution is -0.127. The summed E-state index contributed by atoms with van der Waals surface area (Å²) in [4.78, 5) is 12.2. The molecule has 2 rings (SSSR count). The van der Waals surface area contributed by atoms with Crippen LogP contribution in [0.3, 0.4) is 0 Å². The SMILES string of the molecule is COc1cc(CNC(=O)C(C)Oc2ccc(F)c(F)c2)cc(OC)c1OC. The molecule has 2 aromatic carbocycles. The molecule has 1 atom stereocenters. The highest BCUT2D eigenvalue weighted by Gasteiger charge is 2.17. The van der Waals surface area contributed by atoms with Gasteiger partial charge in [0.15, 0.2) is 29.2 Å². The zero-order chi connectivity index (χ0) is 20.0. The molecule has 0 fully saturated rings. The molecule has 0 aromatic heterocycles. The van der Waals surface area contributed by atoms with E-state index < -0.39 is 23.6 Å². The van der Waals surface area contributed by atoms with Gasteiger partial charge in [0.1, 0.15) is 5.75 Å². The van der Waals surface area contributed by atoms with Crippen molar-refractivity contribution in [2.45, 2.75) is 19.6 Å². The molecule has 0 aliphatic rings. The Kier molecular flexibility index (Phi) is 6.81. The van der Waals surface area contributed by atoms with Gasteiger partial charge in [0.05, 0.1) is 21.3 Å². The second-order valence-electron chi connectivity index (χ2n) is 5.59. The molecular formula is C19H21F2NO5. The third kappa shape index (κ3) is 4.99. The summed E-state index contributed by atoms with van der Waals surface area (Å²) in [6, 6.07) is 6.50. The first-order chi connectivity index (χ1) is 12.9. The third-order valence-corrected chi connectivity index (χ3v) is 3.76. The van der Waals surface area contributed by atoms with E-state index in [-0.39, 0.29) is 12.3 Å². The summed E-state index contributed by atoms with van der Waals surface area (Å²) in [5, 5.41) is 2.70. The number of carbonyl (C=O) groups is 1. The van der Waals surface area contributed by atoms with Gasteiger partial charge in [0, 0.05) is 12.6 Å². The molecule has 0 radical (unpaired) electrons. The summed E-state index contributed by atoms with van der Waals surface area (Å²) in [6.45, 7) is 1.69. The van der Waals surface area contributed by atoms with Gasteiger partial charge in [-0.25, -0.2) is 8.78 Å². The summed E-state index contributed by atoms with van der Waals surface area (Å²) < 4.78 is 47.3. The number of halogens is 2. The van der Waals surface area contributed by atoms with Crippen LogP contribution in [0.4, 0.5) is 8.78 Å². The Morgan fingerprint density at radius 2 is 1.63 bits per heavy atom. The summed E-state index contributed by atoms with van der Waals surface area (Å²) in [6.07, 6.45) is -0.906. The van der Waals surface area contributed by atoms with Crippen LogP contribution < -0.4 is 24.3 Å². The molecule has 6 nitrogen and oxygen atoms in total. The first-order valence-electron chi connectivity index (χ1n) is 8.07. The molecule has 1 amide bonds. The van der Waals surface area contributed by atoms with Crippen molar-refractivity contribution in [3.8, 4) is 23.0 Å². The Labute approximate surface area is 156 Å². The third-order valence-electron chi connectivity index (χ3n) is 3.76. The van der Waals surface area contributed by atoms with Gasteiger partial charge < -0.3 is 24.3 Å². The Morgan fingerprint density at radius 3 is 2.15 bits per heavy atom. The maximum atomic E-state index is 13.2. The predicted molar refractivity (Wildman–Crippen MR) is 94.4 cm³/mol. The van der Waals surface area contributed by atoms with Crippen molar-refractivity contribution in [1.82, 2.24) is 5.32 Å².